The molecule has 1 aromatic heterocycles. The molecule has 0 radical (unpaired) electrons. The lowest BCUT2D eigenvalue weighted by Crippen LogP contribution is -2.34. The van der Waals surface area contributed by atoms with Crippen molar-refractivity contribution < 1.29 is 14.7 Å². The van der Waals surface area contributed by atoms with Crippen LogP contribution in [0.3, 0.4) is 0 Å². The number of rotatable bonds is 5. The molecule has 2 aliphatic heterocycles. The van der Waals surface area contributed by atoms with Crippen LogP contribution in [-0.4, -0.2) is 40.0 Å². The number of amides is 1. The lowest BCUT2D eigenvalue weighted by Gasteiger charge is -2.30. The minimum Gasteiger partial charge on any atom is -0.478 e. The molecule has 3 heterocycles. The summed E-state index contributed by atoms with van der Waals surface area (Å²) in [6.07, 6.45) is 2.14. The average Bonchev–Trinajstić information content (AvgIpc) is 3.00. The van der Waals surface area contributed by atoms with E-state index < -0.39 is 5.97 Å². The van der Waals surface area contributed by atoms with Crippen molar-refractivity contribution in [1.29, 1.82) is 0 Å². The molecular formula is C21H21N3O3. The maximum Gasteiger partial charge on any atom is 0.337 e. The van der Waals surface area contributed by atoms with Crippen LogP contribution in [-0.2, 0) is 4.79 Å². The van der Waals surface area contributed by atoms with Gasteiger partial charge in [-0.05, 0) is 29.7 Å². The zero-order valence-corrected chi connectivity index (χ0v) is 15.1. The zero-order chi connectivity index (χ0) is 19.0. The fraction of sp³-hybridized carbons (Fsp3) is 0.286. The van der Waals surface area contributed by atoms with Crippen molar-refractivity contribution in [2.24, 2.45) is 0 Å². The quantitative estimate of drug-likeness (QED) is 0.853. The molecule has 6 heteroatoms. The van der Waals surface area contributed by atoms with Gasteiger partial charge in [0.25, 0.3) is 0 Å². The molecule has 0 spiro atoms. The van der Waals surface area contributed by atoms with Gasteiger partial charge in [0, 0.05) is 18.4 Å². The fourth-order valence-electron chi connectivity index (χ4n) is 3.81. The molecule has 2 unspecified atom stereocenters. The Bertz CT molecular complexity index is 906. The van der Waals surface area contributed by atoms with E-state index in [4.69, 9.17) is 5.11 Å². The third-order valence-corrected chi connectivity index (χ3v) is 5.31. The molecule has 2 N–H and O–H groups in total. The number of nitrogens with one attached hydrogen (secondary N) is 1. The number of aromatic carboxylic acids is 1. The Kier molecular flexibility index (Phi) is 4.39. The Morgan fingerprint density at radius 1 is 1.22 bits per heavy atom. The van der Waals surface area contributed by atoms with Crippen molar-refractivity contribution in [2.75, 3.05) is 13.1 Å². The molecule has 0 saturated heterocycles. The first kappa shape index (κ1) is 17.3. The lowest BCUT2D eigenvalue weighted by atomic mass is 9.94. The molecule has 0 aliphatic carbocycles. The predicted molar refractivity (Wildman–Crippen MR) is 100 cm³/mol. The Morgan fingerprint density at radius 3 is 2.63 bits per heavy atom. The summed E-state index contributed by atoms with van der Waals surface area (Å²) in [6.45, 7) is 3.23. The van der Waals surface area contributed by atoms with Gasteiger partial charge in [-0.3, -0.25) is 9.78 Å². The molecule has 4 rings (SSSR count). The first-order valence-electron chi connectivity index (χ1n) is 9.10. The van der Waals surface area contributed by atoms with E-state index >= 15 is 0 Å². The van der Waals surface area contributed by atoms with Crippen LogP contribution in [0.5, 0.6) is 0 Å². The van der Waals surface area contributed by atoms with Crippen LogP contribution in [0, 0.1) is 0 Å². The smallest absolute Gasteiger partial charge is 0.337 e. The summed E-state index contributed by atoms with van der Waals surface area (Å²) in [5, 5.41) is 12.4. The number of carboxylic acid groups (broad SMARTS) is 1. The van der Waals surface area contributed by atoms with Crippen molar-refractivity contribution in [3.8, 4) is 0 Å². The van der Waals surface area contributed by atoms with Crippen LogP contribution in [0.2, 0.25) is 0 Å². The number of carbonyl (C=O) groups is 2. The number of carbonyl (C=O) groups excluding carboxylic acids is 1. The molecule has 0 fully saturated rings. The van der Waals surface area contributed by atoms with Gasteiger partial charge in [0.1, 0.15) is 0 Å². The van der Waals surface area contributed by atoms with Gasteiger partial charge >= 0.3 is 5.97 Å². The average molecular weight is 363 g/mol. The summed E-state index contributed by atoms with van der Waals surface area (Å²) in [5.74, 6) is -0.969. The van der Waals surface area contributed by atoms with Crippen LogP contribution in [0.4, 0.5) is 0 Å². The zero-order valence-electron chi connectivity index (χ0n) is 15.1. The normalized spacial score (nSPS) is 19.1. The number of hydrogen-bond donors (Lipinski definition) is 2. The van der Waals surface area contributed by atoms with Crippen LogP contribution < -0.4 is 5.32 Å². The molecular weight excluding hydrogens is 342 g/mol. The highest BCUT2D eigenvalue weighted by molar-refractivity contribution is 5.87. The topological polar surface area (TPSA) is 82.5 Å². The van der Waals surface area contributed by atoms with Crippen molar-refractivity contribution in [3.63, 3.8) is 0 Å². The Hall–Kier alpha value is -3.15. The van der Waals surface area contributed by atoms with Gasteiger partial charge < -0.3 is 15.3 Å². The van der Waals surface area contributed by atoms with Crippen LogP contribution >= 0.6 is 0 Å². The molecule has 138 valence electrons. The molecule has 27 heavy (non-hydrogen) atoms. The van der Waals surface area contributed by atoms with Gasteiger partial charge in [0.2, 0.25) is 5.91 Å². The van der Waals surface area contributed by atoms with E-state index in [1.165, 1.54) is 11.8 Å². The Morgan fingerprint density at radius 2 is 2.00 bits per heavy atom. The summed E-state index contributed by atoms with van der Waals surface area (Å²) >= 11 is 0. The van der Waals surface area contributed by atoms with Crippen molar-refractivity contribution in [1.82, 2.24) is 15.2 Å². The fourth-order valence-corrected chi connectivity index (χ4v) is 3.81. The number of pyridine rings is 1. The highest BCUT2D eigenvalue weighted by atomic mass is 16.4. The standard InChI is InChI=1S/C21H21N3O3/c1-2-15(13-6-4-3-5-7-13)20(25)24-11-16-18(12-24)23-19(16)17-9-8-14(10-22-17)21(26)27/h3-10,15,19,23H,2,11-12H2,1H3,(H,26,27). The minimum atomic E-state index is -0.986. The summed E-state index contributed by atoms with van der Waals surface area (Å²) < 4.78 is 0. The highest BCUT2D eigenvalue weighted by Crippen LogP contribution is 2.38. The maximum absolute atomic E-state index is 13.0. The summed E-state index contributed by atoms with van der Waals surface area (Å²) in [4.78, 5) is 30.2. The van der Waals surface area contributed by atoms with Gasteiger partial charge in [0.05, 0.1) is 29.8 Å². The van der Waals surface area contributed by atoms with Crippen LogP contribution in [0.1, 0.15) is 46.9 Å². The second-order valence-electron chi connectivity index (χ2n) is 6.92. The van der Waals surface area contributed by atoms with E-state index in [0.717, 1.165) is 23.4 Å². The number of carboxylic acids is 1. The van der Waals surface area contributed by atoms with E-state index in [1.807, 2.05) is 42.2 Å². The maximum atomic E-state index is 13.0. The third-order valence-electron chi connectivity index (χ3n) is 5.31. The summed E-state index contributed by atoms with van der Waals surface area (Å²) in [6, 6.07) is 13.1. The number of benzene rings is 1. The lowest BCUT2D eigenvalue weighted by molar-refractivity contribution is -0.131. The highest BCUT2D eigenvalue weighted by Gasteiger charge is 2.40. The first-order chi connectivity index (χ1) is 13.1. The molecule has 2 aliphatic rings. The second-order valence-corrected chi connectivity index (χ2v) is 6.92. The van der Waals surface area contributed by atoms with Crippen LogP contribution in [0.25, 0.3) is 0 Å². The predicted octanol–water partition coefficient (Wildman–Crippen LogP) is 2.71. The molecule has 6 nitrogen and oxygen atoms in total. The second kappa shape index (κ2) is 6.87. The van der Waals surface area contributed by atoms with Gasteiger partial charge in [-0.15, -0.1) is 0 Å². The molecule has 0 saturated carbocycles. The van der Waals surface area contributed by atoms with E-state index in [9.17, 15) is 9.59 Å². The van der Waals surface area contributed by atoms with Gasteiger partial charge in [-0.1, -0.05) is 37.3 Å². The van der Waals surface area contributed by atoms with Crippen molar-refractivity contribution >= 4 is 11.9 Å². The molecule has 1 aromatic carbocycles. The van der Waals surface area contributed by atoms with E-state index in [-0.39, 0.29) is 23.4 Å². The van der Waals surface area contributed by atoms with Crippen LogP contribution in [0.15, 0.2) is 59.9 Å². The minimum absolute atomic E-state index is 0.0440. The van der Waals surface area contributed by atoms with Gasteiger partial charge in [-0.25, -0.2) is 4.79 Å². The Balaban J connectivity index is 1.45. The monoisotopic (exact) mass is 363 g/mol. The van der Waals surface area contributed by atoms with E-state index in [2.05, 4.69) is 10.3 Å². The van der Waals surface area contributed by atoms with Crippen molar-refractivity contribution in [2.45, 2.75) is 25.3 Å². The molecule has 2 atom stereocenters. The summed E-state index contributed by atoms with van der Waals surface area (Å²) in [7, 11) is 0. The largest absolute Gasteiger partial charge is 0.478 e. The number of aromatic nitrogens is 1. The molecule has 0 bridgehead atoms. The van der Waals surface area contributed by atoms with E-state index in [0.29, 0.717) is 13.1 Å². The molecule has 2 aromatic rings. The summed E-state index contributed by atoms with van der Waals surface area (Å²) in [5.41, 5.74) is 4.25. The first-order valence-corrected chi connectivity index (χ1v) is 9.10. The van der Waals surface area contributed by atoms with Gasteiger partial charge in [-0.2, -0.15) is 0 Å². The van der Waals surface area contributed by atoms with Crippen molar-refractivity contribution in [3.05, 3.63) is 76.8 Å². The van der Waals surface area contributed by atoms with E-state index in [1.54, 1.807) is 12.1 Å². The Labute approximate surface area is 157 Å². The number of hydrogen-bond acceptors (Lipinski definition) is 4. The third kappa shape index (κ3) is 3.07. The number of nitrogens with zero attached hydrogens (tertiary/aromatic N) is 2. The van der Waals surface area contributed by atoms with Gasteiger partial charge in [0.15, 0.2) is 0 Å². The SMILES string of the molecule is CCC(C(=O)N1CC2=C(C1)C(c1ccc(C(=O)O)cn1)N2)c1ccccc1. The molecule has 1 amide bonds.